The van der Waals surface area contributed by atoms with E-state index in [1.165, 1.54) is 0 Å². The minimum absolute atomic E-state index is 0.621. The van der Waals surface area contributed by atoms with Gasteiger partial charge in [-0.05, 0) is 0 Å². The molecule has 1 aromatic rings. The van der Waals surface area contributed by atoms with Gasteiger partial charge in [-0.25, -0.2) is 0 Å². The summed E-state index contributed by atoms with van der Waals surface area (Å²) < 4.78 is 37.0. The Bertz CT molecular complexity index is 387. The van der Waals surface area contributed by atoms with Crippen molar-refractivity contribution in [1.29, 1.82) is 0 Å². The summed E-state index contributed by atoms with van der Waals surface area (Å²) in [6.45, 7) is 0. The van der Waals surface area contributed by atoms with Gasteiger partial charge in [0, 0.05) is 7.05 Å². The summed E-state index contributed by atoms with van der Waals surface area (Å²) in [4.78, 5) is 9.31. The zero-order chi connectivity index (χ0) is 11.8. The molecule has 1 heterocycles. The first kappa shape index (κ1) is 11.4. The number of rotatable bonds is 2. The van der Waals surface area contributed by atoms with Gasteiger partial charge < -0.3 is 5.11 Å². The molecule has 0 saturated carbocycles. The molecular formula is C6H6F3N3O3. The number of nitrogens with zero attached hydrogens (tertiary/aromatic N) is 3. The van der Waals surface area contributed by atoms with Crippen molar-refractivity contribution >= 4 is 5.69 Å². The quantitative estimate of drug-likeness (QED) is 0.599. The topological polar surface area (TPSA) is 81.2 Å². The van der Waals surface area contributed by atoms with Crippen molar-refractivity contribution in [3.05, 3.63) is 22.0 Å². The van der Waals surface area contributed by atoms with Crippen LogP contribution in [0.2, 0.25) is 0 Å². The van der Waals surface area contributed by atoms with Crippen molar-refractivity contribution in [2.45, 2.75) is 12.3 Å². The second kappa shape index (κ2) is 3.50. The Morgan fingerprint density at radius 2 is 2.20 bits per heavy atom. The molecule has 0 saturated heterocycles. The average molecular weight is 225 g/mol. The lowest BCUT2D eigenvalue weighted by atomic mass is 10.2. The van der Waals surface area contributed by atoms with Gasteiger partial charge in [-0.3, -0.25) is 14.8 Å². The summed E-state index contributed by atoms with van der Waals surface area (Å²) in [5.41, 5.74) is -1.74. The molecule has 0 aliphatic carbocycles. The van der Waals surface area contributed by atoms with Crippen LogP contribution >= 0.6 is 0 Å². The lowest BCUT2D eigenvalue weighted by molar-refractivity contribution is -0.387. The molecule has 0 aliphatic rings. The standard InChI is InChI=1S/C6H6F3N3O3/c1-11-4(5(13)6(7,8)9)3(2-10-11)12(14)15/h2,5,13H,1H3. The van der Waals surface area contributed by atoms with Gasteiger partial charge in [-0.2, -0.15) is 18.3 Å². The van der Waals surface area contributed by atoms with E-state index in [0.717, 1.165) is 7.05 Å². The SMILES string of the molecule is Cn1ncc([N+](=O)[O-])c1C(O)C(F)(F)F. The van der Waals surface area contributed by atoms with E-state index in [-0.39, 0.29) is 0 Å². The minimum Gasteiger partial charge on any atom is -0.378 e. The normalized spacial score (nSPS) is 13.9. The van der Waals surface area contributed by atoms with Crippen LogP contribution in [0.5, 0.6) is 0 Å². The van der Waals surface area contributed by atoms with E-state index in [1.807, 2.05) is 0 Å². The molecule has 0 radical (unpaired) electrons. The highest BCUT2D eigenvalue weighted by Gasteiger charge is 2.45. The summed E-state index contributed by atoms with van der Waals surface area (Å²) in [6, 6.07) is 0. The number of alkyl halides is 3. The lowest BCUT2D eigenvalue weighted by Gasteiger charge is -2.13. The van der Waals surface area contributed by atoms with Crippen molar-refractivity contribution in [2.75, 3.05) is 0 Å². The fourth-order valence-electron chi connectivity index (χ4n) is 1.05. The van der Waals surface area contributed by atoms with E-state index in [4.69, 9.17) is 5.11 Å². The Hall–Kier alpha value is -1.64. The molecule has 1 aromatic heterocycles. The third kappa shape index (κ3) is 2.06. The highest BCUT2D eigenvalue weighted by molar-refractivity contribution is 5.35. The number of aliphatic hydroxyl groups excluding tert-OH is 1. The second-order valence-corrected chi connectivity index (χ2v) is 2.74. The fraction of sp³-hybridized carbons (Fsp3) is 0.500. The monoisotopic (exact) mass is 225 g/mol. The lowest BCUT2D eigenvalue weighted by Crippen LogP contribution is -2.23. The van der Waals surface area contributed by atoms with Crippen LogP contribution in [0.1, 0.15) is 11.8 Å². The van der Waals surface area contributed by atoms with Crippen LogP contribution in [-0.4, -0.2) is 26.0 Å². The van der Waals surface area contributed by atoms with Crippen LogP contribution in [0.4, 0.5) is 18.9 Å². The van der Waals surface area contributed by atoms with Crippen LogP contribution in [0.25, 0.3) is 0 Å². The minimum atomic E-state index is -4.96. The first-order valence-electron chi connectivity index (χ1n) is 3.66. The van der Waals surface area contributed by atoms with Crippen molar-refractivity contribution in [3.63, 3.8) is 0 Å². The maximum Gasteiger partial charge on any atom is 0.420 e. The van der Waals surface area contributed by atoms with E-state index >= 15 is 0 Å². The highest BCUT2D eigenvalue weighted by atomic mass is 19.4. The zero-order valence-electron chi connectivity index (χ0n) is 7.39. The van der Waals surface area contributed by atoms with E-state index in [0.29, 0.717) is 10.9 Å². The molecule has 15 heavy (non-hydrogen) atoms. The van der Waals surface area contributed by atoms with E-state index in [1.54, 1.807) is 0 Å². The van der Waals surface area contributed by atoms with E-state index in [2.05, 4.69) is 5.10 Å². The van der Waals surface area contributed by atoms with Crippen LogP contribution in [-0.2, 0) is 7.05 Å². The van der Waals surface area contributed by atoms with Gasteiger partial charge in [-0.15, -0.1) is 0 Å². The molecule has 0 bridgehead atoms. The molecule has 1 unspecified atom stereocenters. The number of hydrogen-bond acceptors (Lipinski definition) is 4. The van der Waals surface area contributed by atoms with Gasteiger partial charge in [0.05, 0.1) is 4.92 Å². The molecule has 0 aliphatic heterocycles. The Morgan fingerprint density at radius 1 is 1.67 bits per heavy atom. The highest BCUT2D eigenvalue weighted by Crippen LogP contribution is 2.36. The average Bonchev–Trinajstić information content (AvgIpc) is 2.44. The molecule has 9 heteroatoms. The number of nitro groups is 1. The summed E-state index contributed by atoms with van der Waals surface area (Å²) in [6.07, 6.45) is -7.21. The van der Waals surface area contributed by atoms with Crippen LogP contribution in [0.3, 0.4) is 0 Å². The van der Waals surface area contributed by atoms with Crippen molar-refractivity contribution in [1.82, 2.24) is 9.78 Å². The van der Waals surface area contributed by atoms with E-state index in [9.17, 15) is 23.3 Å². The maximum absolute atomic E-state index is 12.1. The predicted molar refractivity (Wildman–Crippen MR) is 40.9 cm³/mol. The summed E-state index contributed by atoms with van der Waals surface area (Å²) in [5, 5.41) is 22.5. The summed E-state index contributed by atoms with van der Waals surface area (Å²) in [5.74, 6) is 0. The van der Waals surface area contributed by atoms with Gasteiger partial charge in [0.2, 0.25) is 0 Å². The maximum atomic E-state index is 12.1. The number of aromatic nitrogens is 2. The molecule has 0 amide bonds. The molecule has 0 spiro atoms. The number of hydrogen-bond donors (Lipinski definition) is 1. The van der Waals surface area contributed by atoms with Crippen molar-refractivity contribution in [3.8, 4) is 0 Å². The second-order valence-electron chi connectivity index (χ2n) is 2.74. The van der Waals surface area contributed by atoms with Crippen LogP contribution in [0.15, 0.2) is 6.20 Å². The first-order valence-corrected chi connectivity index (χ1v) is 3.66. The van der Waals surface area contributed by atoms with Crippen molar-refractivity contribution in [2.24, 2.45) is 7.05 Å². The Morgan fingerprint density at radius 3 is 2.60 bits per heavy atom. The number of aliphatic hydroxyl groups is 1. The Balaban J connectivity index is 3.24. The molecule has 84 valence electrons. The molecule has 6 nitrogen and oxygen atoms in total. The molecule has 0 fully saturated rings. The molecule has 1 atom stereocenters. The first-order chi connectivity index (χ1) is 6.75. The molecular weight excluding hydrogens is 219 g/mol. The predicted octanol–water partition coefficient (Wildman–Crippen LogP) is 0.924. The third-order valence-corrected chi connectivity index (χ3v) is 1.73. The van der Waals surface area contributed by atoms with Gasteiger partial charge in [0.25, 0.3) is 0 Å². The van der Waals surface area contributed by atoms with Crippen LogP contribution in [0, 0.1) is 10.1 Å². The van der Waals surface area contributed by atoms with Gasteiger partial charge >= 0.3 is 11.9 Å². The summed E-state index contributed by atoms with van der Waals surface area (Å²) >= 11 is 0. The molecule has 1 N–H and O–H groups in total. The Kier molecular flexibility index (Phi) is 2.67. The zero-order valence-corrected chi connectivity index (χ0v) is 7.39. The molecule has 0 aromatic carbocycles. The largest absolute Gasteiger partial charge is 0.420 e. The third-order valence-electron chi connectivity index (χ3n) is 1.73. The fourth-order valence-corrected chi connectivity index (χ4v) is 1.05. The van der Waals surface area contributed by atoms with Gasteiger partial charge in [0.1, 0.15) is 6.20 Å². The van der Waals surface area contributed by atoms with Crippen LogP contribution < -0.4 is 0 Å². The number of halogens is 3. The molecule has 1 rings (SSSR count). The smallest absolute Gasteiger partial charge is 0.378 e. The van der Waals surface area contributed by atoms with Gasteiger partial charge in [-0.1, -0.05) is 0 Å². The van der Waals surface area contributed by atoms with Gasteiger partial charge in [0.15, 0.2) is 11.8 Å². The Labute approximate surface area is 81.1 Å². The van der Waals surface area contributed by atoms with E-state index < -0.39 is 28.6 Å². The number of aryl methyl sites for hydroxylation is 1. The van der Waals surface area contributed by atoms with Crippen molar-refractivity contribution < 1.29 is 23.2 Å². The summed E-state index contributed by atoms with van der Waals surface area (Å²) in [7, 11) is 1.08.